The molecule has 0 radical (unpaired) electrons. The van der Waals surface area contributed by atoms with Crippen LogP contribution in [0.3, 0.4) is 0 Å². The van der Waals surface area contributed by atoms with Crippen LogP contribution in [0.15, 0.2) is 24.3 Å². The van der Waals surface area contributed by atoms with E-state index in [9.17, 15) is 0 Å². The predicted octanol–water partition coefficient (Wildman–Crippen LogP) is 3.67. The maximum atomic E-state index is 5.99. The van der Waals surface area contributed by atoms with Gasteiger partial charge < -0.3 is 15.2 Å². The minimum absolute atomic E-state index is 0.622. The second-order valence-electron chi connectivity index (χ2n) is 3.40. The number of hydrogen-bond acceptors (Lipinski definition) is 4. The van der Waals surface area contributed by atoms with E-state index >= 15 is 0 Å². The molecule has 0 spiro atoms. The third-order valence-corrected chi connectivity index (χ3v) is 3.66. The van der Waals surface area contributed by atoms with Gasteiger partial charge in [-0.15, -0.1) is 11.3 Å². The molecule has 1 aromatic heterocycles. The van der Waals surface area contributed by atoms with Crippen molar-refractivity contribution < 1.29 is 9.47 Å². The van der Waals surface area contributed by atoms with Crippen LogP contribution < -0.4 is 15.2 Å². The van der Waals surface area contributed by atoms with Gasteiger partial charge in [0.2, 0.25) is 0 Å². The van der Waals surface area contributed by atoms with Gasteiger partial charge in [-0.05, 0) is 18.2 Å². The highest BCUT2D eigenvalue weighted by molar-refractivity contribution is 7.19. The molecule has 90 valence electrons. The Morgan fingerprint density at radius 1 is 1.12 bits per heavy atom. The molecule has 0 aliphatic rings. The molecule has 0 saturated heterocycles. The molecule has 5 heteroatoms. The van der Waals surface area contributed by atoms with Gasteiger partial charge in [0, 0.05) is 22.2 Å². The fraction of sp³-hybridized carbons (Fsp3) is 0.167. The van der Waals surface area contributed by atoms with E-state index in [0.717, 1.165) is 14.8 Å². The smallest absolute Gasteiger partial charge is 0.162 e. The number of benzene rings is 1. The lowest BCUT2D eigenvalue weighted by atomic mass is 10.1. The minimum atomic E-state index is 0.622. The summed E-state index contributed by atoms with van der Waals surface area (Å²) in [6, 6.07) is 7.39. The number of ether oxygens (including phenoxy) is 2. The van der Waals surface area contributed by atoms with Crippen molar-refractivity contribution in [3.05, 3.63) is 28.6 Å². The Morgan fingerprint density at radius 3 is 2.29 bits per heavy atom. The van der Waals surface area contributed by atoms with Gasteiger partial charge in [0.1, 0.15) is 0 Å². The average Bonchev–Trinajstić information content (AvgIpc) is 2.75. The van der Waals surface area contributed by atoms with Gasteiger partial charge in [0.15, 0.2) is 11.5 Å². The molecule has 0 amide bonds. The van der Waals surface area contributed by atoms with Crippen molar-refractivity contribution in [2.75, 3.05) is 20.0 Å². The van der Waals surface area contributed by atoms with E-state index in [-0.39, 0.29) is 0 Å². The van der Waals surface area contributed by atoms with E-state index in [4.69, 9.17) is 26.8 Å². The van der Waals surface area contributed by atoms with E-state index < -0.39 is 0 Å². The summed E-state index contributed by atoms with van der Waals surface area (Å²) in [5.41, 5.74) is 7.53. The molecule has 0 aliphatic carbocycles. The van der Waals surface area contributed by atoms with E-state index in [0.29, 0.717) is 17.2 Å². The Labute approximate surface area is 109 Å². The van der Waals surface area contributed by atoms with Crippen molar-refractivity contribution in [2.45, 2.75) is 0 Å². The van der Waals surface area contributed by atoms with Crippen molar-refractivity contribution >= 4 is 28.6 Å². The first-order chi connectivity index (χ1) is 8.15. The van der Waals surface area contributed by atoms with E-state index in [1.807, 2.05) is 18.2 Å². The van der Waals surface area contributed by atoms with E-state index in [1.54, 1.807) is 20.3 Å². The van der Waals surface area contributed by atoms with Crippen molar-refractivity contribution in [3.63, 3.8) is 0 Å². The largest absolute Gasteiger partial charge is 0.493 e. The SMILES string of the molecule is COc1cc(N)c(-c2ccc(Cl)s2)cc1OC. The van der Waals surface area contributed by atoms with Gasteiger partial charge in [-0.25, -0.2) is 0 Å². The summed E-state index contributed by atoms with van der Waals surface area (Å²) < 4.78 is 11.2. The number of methoxy groups -OCH3 is 2. The molecule has 17 heavy (non-hydrogen) atoms. The van der Waals surface area contributed by atoms with Crippen molar-refractivity contribution in [2.24, 2.45) is 0 Å². The standard InChI is InChI=1S/C12H12ClNO2S/c1-15-9-5-7(8(14)6-10(9)16-2)11-3-4-12(13)17-11/h3-6H,14H2,1-2H3. The van der Waals surface area contributed by atoms with Crippen LogP contribution >= 0.6 is 22.9 Å². The summed E-state index contributed by atoms with van der Waals surface area (Å²) in [6.45, 7) is 0. The molecule has 0 saturated carbocycles. The monoisotopic (exact) mass is 269 g/mol. The maximum Gasteiger partial charge on any atom is 0.162 e. The third-order valence-electron chi connectivity index (χ3n) is 2.39. The number of anilines is 1. The van der Waals surface area contributed by atoms with Crippen molar-refractivity contribution in [3.8, 4) is 21.9 Å². The summed E-state index contributed by atoms with van der Waals surface area (Å²) >= 11 is 7.39. The fourth-order valence-electron chi connectivity index (χ4n) is 1.57. The quantitative estimate of drug-likeness (QED) is 0.865. The van der Waals surface area contributed by atoms with Gasteiger partial charge >= 0.3 is 0 Å². The van der Waals surface area contributed by atoms with Crippen LogP contribution in [-0.4, -0.2) is 14.2 Å². The molecule has 0 unspecified atom stereocenters. The van der Waals surface area contributed by atoms with Crippen molar-refractivity contribution in [1.29, 1.82) is 0 Å². The van der Waals surface area contributed by atoms with Crippen LogP contribution in [0.5, 0.6) is 11.5 Å². The lowest BCUT2D eigenvalue weighted by Crippen LogP contribution is -1.95. The minimum Gasteiger partial charge on any atom is -0.493 e. The molecule has 3 nitrogen and oxygen atoms in total. The summed E-state index contributed by atoms with van der Waals surface area (Å²) in [5.74, 6) is 1.28. The first kappa shape index (κ1) is 12.1. The lowest BCUT2D eigenvalue weighted by Gasteiger charge is -2.11. The van der Waals surface area contributed by atoms with Crippen molar-refractivity contribution in [1.82, 2.24) is 0 Å². The Kier molecular flexibility index (Phi) is 3.45. The topological polar surface area (TPSA) is 44.5 Å². The normalized spacial score (nSPS) is 10.3. The second-order valence-corrected chi connectivity index (χ2v) is 5.11. The second kappa shape index (κ2) is 4.85. The van der Waals surface area contributed by atoms with Gasteiger partial charge in [0.25, 0.3) is 0 Å². The molecule has 2 N–H and O–H groups in total. The summed E-state index contributed by atoms with van der Waals surface area (Å²) in [7, 11) is 3.18. The number of nitrogen functional groups attached to an aromatic ring is 1. The molecule has 1 aromatic carbocycles. The first-order valence-electron chi connectivity index (χ1n) is 4.93. The Morgan fingerprint density at radius 2 is 1.76 bits per heavy atom. The van der Waals surface area contributed by atoms with E-state index in [2.05, 4.69) is 0 Å². The molecule has 0 aliphatic heterocycles. The van der Waals surface area contributed by atoms with Crippen LogP contribution in [-0.2, 0) is 0 Å². The zero-order valence-electron chi connectivity index (χ0n) is 9.49. The molecule has 2 rings (SSSR count). The first-order valence-corrected chi connectivity index (χ1v) is 6.12. The Balaban J connectivity index is 2.55. The number of halogens is 1. The van der Waals surface area contributed by atoms with Gasteiger partial charge in [-0.2, -0.15) is 0 Å². The van der Waals surface area contributed by atoms with Crippen LogP contribution in [0, 0.1) is 0 Å². The summed E-state index contributed by atoms with van der Waals surface area (Å²) in [6.07, 6.45) is 0. The highest BCUT2D eigenvalue weighted by Crippen LogP contribution is 2.40. The van der Waals surface area contributed by atoms with Crippen LogP contribution in [0.2, 0.25) is 4.34 Å². The van der Waals surface area contributed by atoms with Gasteiger partial charge in [-0.1, -0.05) is 11.6 Å². The highest BCUT2D eigenvalue weighted by Gasteiger charge is 2.12. The Hall–Kier alpha value is -1.39. The molecule has 0 fully saturated rings. The molecule has 0 atom stereocenters. The zero-order valence-corrected chi connectivity index (χ0v) is 11.1. The fourth-order valence-corrected chi connectivity index (χ4v) is 2.65. The molecular weight excluding hydrogens is 258 g/mol. The van der Waals surface area contributed by atoms with Crippen LogP contribution in [0.1, 0.15) is 0 Å². The highest BCUT2D eigenvalue weighted by atomic mass is 35.5. The number of nitrogens with two attached hydrogens (primary N) is 1. The zero-order chi connectivity index (χ0) is 12.4. The average molecular weight is 270 g/mol. The number of hydrogen-bond donors (Lipinski definition) is 1. The molecular formula is C12H12ClNO2S. The Bertz CT molecular complexity index is 539. The van der Waals surface area contributed by atoms with Crippen LogP contribution in [0.25, 0.3) is 10.4 Å². The molecule has 0 bridgehead atoms. The van der Waals surface area contributed by atoms with Gasteiger partial charge in [-0.3, -0.25) is 0 Å². The van der Waals surface area contributed by atoms with Gasteiger partial charge in [0.05, 0.1) is 18.6 Å². The summed E-state index contributed by atoms with van der Waals surface area (Å²) in [4.78, 5) is 1.01. The third kappa shape index (κ3) is 2.33. The molecule has 1 heterocycles. The summed E-state index contributed by atoms with van der Waals surface area (Å²) in [5, 5.41) is 0. The predicted molar refractivity (Wildman–Crippen MR) is 72.3 cm³/mol. The number of thiophene rings is 1. The maximum absolute atomic E-state index is 5.99. The lowest BCUT2D eigenvalue weighted by molar-refractivity contribution is 0.355. The van der Waals surface area contributed by atoms with Crippen LogP contribution in [0.4, 0.5) is 5.69 Å². The van der Waals surface area contributed by atoms with E-state index in [1.165, 1.54) is 11.3 Å². The number of rotatable bonds is 3. The molecule has 2 aromatic rings.